The second-order valence-electron chi connectivity index (χ2n) is 6.03. The van der Waals surface area contributed by atoms with Crippen LogP contribution in [0.15, 0.2) is 43.0 Å². The number of hydrogen-bond donors (Lipinski definition) is 1. The Balaban J connectivity index is 1.74. The minimum absolute atomic E-state index is 0.143. The third-order valence-corrected chi connectivity index (χ3v) is 5.41. The van der Waals surface area contributed by atoms with Gasteiger partial charge < -0.3 is 9.88 Å². The Morgan fingerprint density at radius 3 is 2.73 bits per heavy atom. The molecule has 0 saturated heterocycles. The van der Waals surface area contributed by atoms with Gasteiger partial charge in [0, 0.05) is 23.5 Å². The van der Waals surface area contributed by atoms with Gasteiger partial charge in [0.2, 0.25) is 0 Å². The van der Waals surface area contributed by atoms with Crippen molar-refractivity contribution in [3.8, 4) is 5.69 Å². The van der Waals surface area contributed by atoms with Gasteiger partial charge in [-0.1, -0.05) is 12.1 Å². The van der Waals surface area contributed by atoms with E-state index in [0.717, 1.165) is 32.8 Å². The van der Waals surface area contributed by atoms with Crippen molar-refractivity contribution in [3.05, 3.63) is 64.9 Å². The van der Waals surface area contributed by atoms with Crippen LogP contribution in [0.5, 0.6) is 0 Å². The number of aromatic nitrogens is 4. The lowest BCUT2D eigenvalue weighted by atomic mass is 10.1. The highest BCUT2D eigenvalue weighted by atomic mass is 32.1. The van der Waals surface area contributed by atoms with Crippen molar-refractivity contribution in [1.82, 2.24) is 19.5 Å². The Hall–Kier alpha value is -3.06. The van der Waals surface area contributed by atoms with Crippen LogP contribution in [0.4, 0.5) is 5.69 Å². The molecule has 0 spiro atoms. The van der Waals surface area contributed by atoms with Gasteiger partial charge in [0.05, 0.1) is 22.6 Å². The number of carbonyl (C=O) groups excluding carboxylic acids is 1. The predicted molar refractivity (Wildman–Crippen MR) is 103 cm³/mol. The average molecular weight is 363 g/mol. The number of imidazole rings is 1. The first kappa shape index (κ1) is 16.4. The van der Waals surface area contributed by atoms with E-state index in [-0.39, 0.29) is 5.91 Å². The maximum absolute atomic E-state index is 12.9. The van der Waals surface area contributed by atoms with E-state index < -0.39 is 0 Å². The maximum atomic E-state index is 12.9. The predicted octanol–water partition coefficient (Wildman–Crippen LogP) is 4.05. The highest BCUT2D eigenvalue weighted by molar-refractivity contribution is 7.20. The van der Waals surface area contributed by atoms with Gasteiger partial charge in [-0.2, -0.15) is 0 Å². The van der Waals surface area contributed by atoms with Gasteiger partial charge in [0.25, 0.3) is 5.91 Å². The topological polar surface area (TPSA) is 72.7 Å². The fourth-order valence-corrected chi connectivity index (χ4v) is 4.25. The highest BCUT2D eigenvalue weighted by Crippen LogP contribution is 2.32. The van der Waals surface area contributed by atoms with E-state index in [9.17, 15) is 4.79 Å². The van der Waals surface area contributed by atoms with E-state index in [1.54, 1.807) is 12.5 Å². The Morgan fingerprint density at radius 2 is 1.96 bits per heavy atom. The van der Waals surface area contributed by atoms with Gasteiger partial charge >= 0.3 is 0 Å². The molecular weight excluding hydrogens is 346 g/mol. The van der Waals surface area contributed by atoms with Crippen molar-refractivity contribution < 1.29 is 4.79 Å². The van der Waals surface area contributed by atoms with E-state index in [0.29, 0.717) is 10.7 Å². The summed E-state index contributed by atoms with van der Waals surface area (Å²) in [6, 6.07) is 7.64. The number of carbonyl (C=O) groups is 1. The van der Waals surface area contributed by atoms with Crippen LogP contribution >= 0.6 is 11.3 Å². The zero-order chi connectivity index (χ0) is 18.3. The number of hydrogen-bond acceptors (Lipinski definition) is 5. The number of benzene rings is 1. The summed E-state index contributed by atoms with van der Waals surface area (Å²) in [5, 5.41) is 3.99. The normalized spacial score (nSPS) is 11.0. The summed E-state index contributed by atoms with van der Waals surface area (Å²) < 4.78 is 1.87. The molecule has 26 heavy (non-hydrogen) atoms. The molecule has 6 nitrogen and oxygen atoms in total. The molecule has 4 rings (SSSR count). The van der Waals surface area contributed by atoms with E-state index >= 15 is 0 Å². The Kier molecular flexibility index (Phi) is 4.00. The van der Waals surface area contributed by atoms with Crippen LogP contribution in [0.25, 0.3) is 15.9 Å². The molecule has 0 aliphatic carbocycles. The lowest BCUT2D eigenvalue weighted by Gasteiger charge is -2.11. The van der Waals surface area contributed by atoms with Gasteiger partial charge in [0.1, 0.15) is 10.7 Å². The summed E-state index contributed by atoms with van der Waals surface area (Å²) in [4.78, 5) is 27.4. The molecule has 0 bridgehead atoms. The molecule has 3 aromatic heterocycles. The minimum atomic E-state index is -0.143. The smallest absolute Gasteiger partial charge is 0.266 e. The Labute approximate surface area is 154 Å². The van der Waals surface area contributed by atoms with Crippen molar-refractivity contribution >= 4 is 33.1 Å². The molecule has 1 aromatic carbocycles. The van der Waals surface area contributed by atoms with Crippen molar-refractivity contribution in [2.24, 2.45) is 0 Å². The quantitative estimate of drug-likeness (QED) is 0.596. The van der Waals surface area contributed by atoms with Gasteiger partial charge in [-0.3, -0.25) is 4.79 Å². The summed E-state index contributed by atoms with van der Waals surface area (Å²) in [6.45, 7) is 5.76. The second-order valence-corrected chi connectivity index (χ2v) is 7.03. The summed E-state index contributed by atoms with van der Waals surface area (Å²) in [6.07, 6.45) is 5.26. The largest absolute Gasteiger partial charge is 0.319 e. The third kappa shape index (κ3) is 2.76. The van der Waals surface area contributed by atoms with Crippen LogP contribution in [0.1, 0.15) is 26.8 Å². The van der Waals surface area contributed by atoms with Crippen molar-refractivity contribution in [1.29, 1.82) is 0 Å². The van der Waals surface area contributed by atoms with E-state index in [1.165, 1.54) is 11.3 Å². The number of rotatable bonds is 3. The molecule has 0 radical (unpaired) electrons. The van der Waals surface area contributed by atoms with Crippen LogP contribution in [-0.4, -0.2) is 25.4 Å². The first-order valence-electron chi connectivity index (χ1n) is 8.17. The highest BCUT2D eigenvalue weighted by Gasteiger charge is 2.19. The maximum Gasteiger partial charge on any atom is 0.266 e. The van der Waals surface area contributed by atoms with Gasteiger partial charge in [-0.15, -0.1) is 11.3 Å². The van der Waals surface area contributed by atoms with Crippen molar-refractivity contribution in [2.75, 3.05) is 5.32 Å². The standard InChI is InChI=1S/C19H17N5OS/c1-11-16-12(2)21-13(3)22-19(16)26-17(11)18(25)23-14-6-4-5-7-15(14)24-9-8-20-10-24/h4-10H,1-3H3,(H,23,25). The molecule has 0 saturated carbocycles. The van der Waals surface area contributed by atoms with Gasteiger partial charge in [-0.25, -0.2) is 15.0 Å². The Bertz CT molecular complexity index is 1110. The number of nitrogens with one attached hydrogen (secondary N) is 1. The molecule has 3 heterocycles. The SMILES string of the molecule is Cc1nc(C)c2c(C)c(C(=O)Nc3ccccc3-n3ccnc3)sc2n1. The minimum Gasteiger partial charge on any atom is -0.319 e. The van der Waals surface area contributed by atoms with Crippen LogP contribution < -0.4 is 5.32 Å². The fourth-order valence-electron chi connectivity index (χ4n) is 3.08. The van der Waals surface area contributed by atoms with E-state index in [1.807, 2.05) is 55.8 Å². The molecule has 0 aliphatic heterocycles. The summed E-state index contributed by atoms with van der Waals surface area (Å²) in [5.74, 6) is 0.573. The summed E-state index contributed by atoms with van der Waals surface area (Å²) in [7, 11) is 0. The Morgan fingerprint density at radius 1 is 1.15 bits per heavy atom. The number of thiophene rings is 1. The van der Waals surface area contributed by atoms with Crippen molar-refractivity contribution in [3.63, 3.8) is 0 Å². The van der Waals surface area contributed by atoms with Crippen LogP contribution in [0.3, 0.4) is 0 Å². The number of para-hydroxylation sites is 2. The van der Waals surface area contributed by atoms with E-state index in [4.69, 9.17) is 0 Å². The number of aryl methyl sites for hydroxylation is 3. The molecule has 130 valence electrons. The van der Waals surface area contributed by atoms with E-state index in [2.05, 4.69) is 20.3 Å². The first-order chi connectivity index (χ1) is 12.5. The van der Waals surface area contributed by atoms with Gasteiger partial charge in [-0.05, 0) is 38.5 Å². The lowest BCUT2D eigenvalue weighted by Crippen LogP contribution is -2.13. The van der Waals surface area contributed by atoms with Gasteiger partial charge in [0.15, 0.2) is 0 Å². The molecule has 0 unspecified atom stereocenters. The third-order valence-electron chi connectivity index (χ3n) is 4.22. The fraction of sp³-hybridized carbons (Fsp3) is 0.158. The zero-order valence-corrected chi connectivity index (χ0v) is 15.5. The lowest BCUT2D eigenvalue weighted by molar-refractivity contribution is 0.103. The van der Waals surface area contributed by atoms with Crippen LogP contribution in [-0.2, 0) is 0 Å². The molecule has 1 N–H and O–H groups in total. The first-order valence-corrected chi connectivity index (χ1v) is 8.99. The molecule has 0 aliphatic rings. The number of amides is 1. The number of anilines is 1. The number of nitrogens with zero attached hydrogens (tertiary/aromatic N) is 4. The summed E-state index contributed by atoms with van der Waals surface area (Å²) >= 11 is 1.40. The monoisotopic (exact) mass is 363 g/mol. The second kappa shape index (κ2) is 6.34. The van der Waals surface area contributed by atoms with Crippen molar-refractivity contribution in [2.45, 2.75) is 20.8 Å². The number of fused-ring (bicyclic) bond motifs is 1. The molecular formula is C19H17N5OS. The molecule has 4 aromatic rings. The average Bonchev–Trinajstić information content (AvgIpc) is 3.23. The van der Waals surface area contributed by atoms with Crippen LogP contribution in [0, 0.1) is 20.8 Å². The molecule has 1 amide bonds. The van der Waals surface area contributed by atoms with Crippen LogP contribution in [0.2, 0.25) is 0 Å². The summed E-state index contributed by atoms with van der Waals surface area (Å²) in [5.41, 5.74) is 3.41. The molecule has 0 fully saturated rings. The molecule has 7 heteroatoms. The zero-order valence-electron chi connectivity index (χ0n) is 14.6. The molecule has 0 atom stereocenters.